The van der Waals surface area contributed by atoms with E-state index >= 15 is 0 Å². The van der Waals surface area contributed by atoms with Gasteiger partial charge in [0, 0.05) is 26.0 Å². The Morgan fingerprint density at radius 2 is 1.90 bits per heavy atom. The highest BCUT2D eigenvalue weighted by molar-refractivity contribution is 9.10. The van der Waals surface area contributed by atoms with E-state index in [1.807, 2.05) is 18.2 Å². The van der Waals surface area contributed by atoms with Crippen LogP contribution in [0.25, 0.3) is 0 Å². The predicted octanol–water partition coefficient (Wildman–Crippen LogP) is 5.16. The predicted molar refractivity (Wildman–Crippen MR) is 88.3 cm³/mol. The van der Waals surface area contributed by atoms with Gasteiger partial charge >= 0.3 is 0 Å². The molecule has 1 heterocycles. The second kappa shape index (κ2) is 5.54. The van der Waals surface area contributed by atoms with Gasteiger partial charge in [0.2, 0.25) is 0 Å². The molecule has 3 nitrogen and oxygen atoms in total. The molecule has 1 N–H and O–H groups in total. The van der Waals surface area contributed by atoms with Gasteiger partial charge in [-0.25, -0.2) is 0 Å². The number of benzene rings is 2. The van der Waals surface area contributed by atoms with E-state index in [1.165, 1.54) is 12.7 Å². The molecule has 3 rings (SSSR count). The van der Waals surface area contributed by atoms with Crippen LogP contribution < -0.4 is 9.47 Å². The Balaban J connectivity index is 2.04. The number of aromatic hydroxyl groups is 1. The van der Waals surface area contributed by atoms with Crippen LogP contribution in [-0.2, 0) is 0 Å². The van der Waals surface area contributed by atoms with E-state index in [-0.39, 0.29) is 17.8 Å². The van der Waals surface area contributed by atoms with Crippen LogP contribution in [0.3, 0.4) is 0 Å². The Hall–Kier alpha value is -1.20. The fourth-order valence-corrected chi connectivity index (χ4v) is 3.59. The molecule has 0 aromatic heterocycles. The molecule has 2 aromatic carbocycles. The van der Waals surface area contributed by atoms with Crippen molar-refractivity contribution >= 4 is 31.9 Å². The van der Waals surface area contributed by atoms with Gasteiger partial charge in [-0.3, -0.25) is 0 Å². The minimum atomic E-state index is -0.113. The molecule has 1 aliphatic rings. The molecule has 2 aromatic rings. The lowest BCUT2D eigenvalue weighted by atomic mass is 9.93. The lowest BCUT2D eigenvalue weighted by Crippen LogP contribution is -2.08. The zero-order valence-corrected chi connectivity index (χ0v) is 14.7. The molecule has 0 saturated carbocycles. The molecule has 0 bridgehead atoms. The van der Waals surface area contributed by atoms with Crippen LogP contribution in [0.5, 0.6) is 17.2 Å². The number of halogens is 2. The minimum Gasteiger partial charge on any atom is -0.504 e. The number of fused-ring (bicyclic) bond motifs is 1. The van der Waals surface area contributed by atoms with E-state index in [4.69, 9.17) is 9.47 Å². The van der Waals surface area contributed by atoms with Gasteiger partial charge in [0.15, 0.2) is 11.5 Å². The van der Waals surface area contributed by atoms with Crippen molar-refractivity contribution in [2.24, 2.45) is 0 Å². The Morgan fingerprint density at radius 1 is 1.14 bits per heavy atom. The first-order valence-electron chi connectivity index (χ1n) is 6.53. The van der Waals surface area contributed by atoms with Crippen molar-refractivity contribution in [2.75, 3.05) is 7.11 Å². The van der Waals surface area contributed by atoms with E-state index in [0.29, 0.717) is 5.75 Å². The van der Waals surface area contributed by atoms with Gasteiger partial charge in [-0.1, -0.05) is 38.8 Å². The number of methoxy groups -OCH3 is 1. The van der Waals surface area contributed by atoms with Gasteiger partial charge in [-0.15, -0.1) is 0 Å². The first kappa shape index (κ1) is 14.7. The third-order valence-corrected chi connectivity index (χ3v) is 4.96. The molecular weight excluding hydrogens is 400 g/mol. The van der Waals surface area contributed by atoms with E-state index in [2.05, 4.69) is 44.8 Å². The summed E-state index contributed by atoms with van der Waals surface area (Å²) in [6.07, 6.45) is -0.113. The van der Waals surface area contributed by atoms with Crippen molar-refractivity contribution in [3.8, 4) is 17.2 Å². The lowest BCUT2D eigenvalue weighted by Gasteiger charge is -2.19. The third kappa shape index (κ3) is 2.53. The standard InChI is InChI=1S/C16H14Br2O3/c1-8-10-5-9(17)3-4-14(10)21-16(8)11-6-15(20-2)13(19)7-12(11)18/h3-8,16,19H,1-2H3/t8-,16-/m0/s1. The summed E-state index contributed by atoms with van der Waals surface area (Å²) >= 11 is 7.00. The minimum absolute atomic E-state index is 0.110. The molecule has 5 heteroatoms. The van der Waals surface area contributed by atoms with Gasteiger partial charge in [0.05, 0.1) is 7.11 Å². The number of phenols is 1. The van der Waals surface area contributed by atoms with Crippen molar-refractivity contribution in [1.29, 1.82) is 0 Å². The van der Waals surface area contributed by atoms with Gasteiger partial charge in [0.25, 0.3) is 0 Å². The van der Waals surface area contributed by atoms with Crippen molar-refractivity contribution in [3.63, 3.8) is 0 Å². The molecular formula is C16H14Br2O3. The molecule has 0 amide bonds. The van der Waals surface area contributed by atoms with Crippen molar-refractivity contribution in [2.45, 2.75) is 18.9 Å². The molecule has 0 radical (unpaired) electrons. The third-order valence-electron chi connectivity index (χ3n) is 3.78. The highest BCUT2D eigenvalue weighted by Crippen LogP contribution is 2.49. The Labute approximate surface area is 140 Å². The second-order valence-electron chi connectivity index (χ2n) is 5.05. The monoisotopic (exact) mass is 412 g/mol. The number of hydrogen-bond acceptors (Lipinski definition) is 3. The lowest BCUT2D eigenvalue weighted by molar-refractivity contribution is 0.214. The number of rotatable bonds is 2. The maximum Gasteiger partial charge on any atom is 0.160 e. The zero-order chi connectivity index (χ0) is 15.1. The number of phenolic OH excluding ortho intramolecular Hbond substituents is 1. The van der Waals surface area contributed by atoms with Gasteiger partial charge < -0.3 is 14.6 Å². The molecule has 0 unspecified atom stereocenters. The second-order valence-corrected chi connectivity index (χ2v) is 6.82. The smallest absolute Gasteiger partial charge is 0.160 e. The SMILES string of the molecule is COc1cc([C@H]2Oc3ccc(Br)cc3[C@@H]2C)c(Br)cc1O. The van der Waals surface area contributed by atoms with Crippen LogP contribution in [0.2, 0.25) is 0 Å². The first-order chi connectivity index (χ1) is 10.0. The molecule has 0 spiro atoms. The fourth-order valence-electron chi connectivity index (χ4n) is 2.66. The molecule has 0 saturated heterocycles. The van der Waals surface area contributed by atoms with Gasteiger partial charge in [-0.2, -0.15) is 0 Å². The molecule has 0 aliphatic carbocycles. The summed E-state index contributed by atoms with van der Waals surface area (Å²) in [7, 11) is 1.54. The van der Waals surface area contributed by atoms with Crippen molar-refractivity contribution in [1.82, 2.24) is 0 Å². The zero-order valence-electron chi connectivity index (χ0n) is 11.6. The van der Waals surface area contributed by atoms with Crippen molar-refractivity contribution in [3.05, 3.63) is 50.4 Å². The molecule has 21 heavy (non-hydrogen) atoms. The largest absolute Gasteiger partial charge is 0.504 e. The molecule has 2 atom stereocenters. The average molecular weight is 414 g/mol. The van der Waals surface area contributed by atoms with E-state index in [0.717, 1.165) is 20.3 Å². The highest BCUT2D eigenvalue weighted by Gasteiger charge is 2.34. The highest BCUT2D eigenvalue weighted by atomic mass is 79.9. The summed E-state index contributed by atoms with van der Waals surface area (Å²) < 4.78 is 13.1. The summed E-state index contributed by atoms with van der Waals surface area (Å²) in [6.45, 7) is 2.13. The maximum absolute atomic E-state index is 9.83. The van der Waals surface area contributed by atoms with Crippen LogP contribution in [0.1, 0.15) is 30.1 Å². The maximum atomic E-state index is 9.83. The Morgan fingerprint density at radius 3 is 2.62 bits per heavy atom. The average Bonchev–Trinajstić information content (AvgIpc) is 2.76. The Bertz CT molecular complexity index is 700. The van der Waals surface area contributed by atoms with Crippen LogP contribution in [0.4, 0.5) is 0 Å². The van der Waals surface area contributed by atoms with E-state index in [1.54, 1.807) is 6.07 Å². The first-order valence-corrected chi connectivity index (χ1v) is 8.12. The summed E-state index contributed by atoms with van der Waals surface area (Å²) in [6, 6.07) is 9.50. The fraction of sp³-hybridized carbons (Fsp3) is 0.250. The molecule has 1 aliphatic heterocycles. The molecule has 0 fully saturated rings. The summed E-state index contributed by atoms with van der Waals surface area (Å²) in [4.78, 5) is 0. The quantitative estimate of drug-likeness (QED) is 0.738. The van der Waals surface area contributed by atoms with Crippen LogP contribution in [0, 0.1) is 0 Å². The van der Waals surface area contributed by atoms with E-state index < -0.39 is 0 Å². The topological polar surface area (TPSA) is 38.7 Å². The normalized spacial score (nSPS) is 20.0. The summed E-state index contributed by atoms with van der Waals surface area (Å²) in [5, 5.41) is 9.83. The Kier molecular flexibility index (Phi) is 3.88. The summed E-state index contributed by atoms with van der Waals surface area (Å²) in [5.41, 5.74) is 2.14. The summed E-state index contributed by atoms with van der Waals surface area (Å²) in [5.74, 6) is 1.66. The van der Waals surface area contributed by atoms with E-state index in [9.17, 15) is 5.11 Å². The van der Waals surface area contributed by atoms with Crippen LogP contribution in [0.15, 0.2) is 39.3 Å². The number of hydrogen-bond donors (Lipinski definition) is 1. The van der Waals surface area contributed by atoms with Gasteiger partial charge in [0.1, 0.15) is 11.9 Å². The number of ether oxygens (including phenoxy) is 2. The molecule has 110 valence electrons. The van der Waals surface area contributed by atoms with Gasteiger partial charge in [-0.05, 0) is 30.3 Å². The van der Waals surface area contributed by atoms with Crippen LogP contribution in [-0.4, -0.2) is 12.2 Å². The van der Waals surface area contributed by atoms with Crippen LogP contribution >= 0.6 is 31.9 Å². The van der Waals surface area contributed by atoms with Crippen molar-refractivity contribution < 1.29 is 14.6 Å².